The first-order valence-electron chi connectivity index (χ1n) is 8.85. The number of aryl methyl sites for hydroxylation is 1. The van der Waals surface area contributed by atoms with Crippen molar-refractivity contribution in [3.8, 4) is 5.75 Å². The molecule has 0 unspecified atom stereocenters. The summed E-state index contributed by atoms with van der Waals surface area (Å²) in [5, 5.41) is 7.78. The van der Waals surface area contributed by atoms with Crippen molar-refractivity contribution in [3.05, 3.63) is 45.9 Å². The monoisotopic (exact) mass is 504 g/mol. The molecule has 27 heavy (non-hydrogen) atoms. The zero-order valence-electron chi connectivity index (χ0n) is 16.2. The molecule has 1 aromatic carbocycles. The summed E-state index contributed by atoms with van der Waals surface area (Å²) in [5.41, 5.74) is 1.10. The molecule has 0 bridgehead atoms. The fraction of sp³-hybridized carbons (Fsp3) is 0.474. The van der Waals surface area contributed by atoms with Crippen LogP contribution in [0.3, 0.4) is 0 Å². The van der Waals surface area contributed by atoms with E-state index in [0.717, 1.165) is 41.8 Å². The van der Waals surface area contributed by atoms with E-state index in [1.807, 2.05) is 24.4 Å². The van der Waals surface area contributed by atoms with Gasteiger partial charge in [0.05, 0.1) is 18.2 Å². The number of aromatic nitrogens is 1. The van der Waals surface area contributed by atoms with Crippen molar-refractivity contribution in [1.29, 1.82) is 0 Å². The van der Waals surface area contributed by atoms with Crippen LogP contribution in [-0.2, 0) is 17.7 Å². The zero-order valence-corrected chi connectivity index (χ0v) is 19.3. The van der Waals surface area contributed by atoms with Crippen molar-refractivity contribution in [2.75, 3.05) is 33.4 Å². The van der Waals surface area contributed by atoms with Crippen LogP contribution < -0.4 is 15.4 Å². The van der Waals surface area contributed by atoms with Gasteiger partial charge in [0.1, 0.15) is 12.4 Å². The maximum Gasteiger partial charge on any atom is 0.191 e. The quantitative estimate of drug-likeness (QED) is 0.225. The van der Waals surface area contributed by atoms with Gasteiger partial charge < -0.3 is 20.1 Å². The van der Waals surface area contributed by atoms with Crippen molar-refractivity contribution in [3.63, 3.8) is 0 Å². The molecule has 1 aromatic heterocycles. The Kier molecular flexibility index (Phi) is 12.0. The molecule has 0 saturated heterocycles. The zero-order chi connectivity index (χ0) is 18.6. The van der Waals surface area contributed by atoms with Gasteiger partial charge in [-0.3, -0.25) is 0 Å². The molecule has 150 valence electrons. The number of methoxy groups -OCH3 is 1. The molecule has 0 fully saturated rings. The summed E-state index contributed by atoms with van der Waals surface area (Å²) in [4.78, 5) is 10.3. The minimum atomic E-state index is 0. The lowest BCUT2D eigenvalue weighted by molar-refractivity contribution is 0.146. The van der Waals surface area contributed by atoms with Crippen molar-refractivity contribution < 1.29 is 9.47 Å². The van der Waals surface area contributed by atoms with Gasteiger partial charge in [-0.2, -0.15) is 0 Å². The molecule has 2 N–H and O–H groups in total. The lowest BCUT2D eigenvalue weighted by Crippen LogP contribution is -2.38. The second-order valence-corrected chi connectivity index (χ2v) is 7.04. The Morgan fingerprint density at radius 2 is 2.11 bits per heavy atom. The molecule has 0 aliphatic carbocycles. The van der Waals surface area contributed by atoms with Crippen molar-refractivity contribution in [1.82, 2.24) is 15.6 Å². The largest absolute Gasteiger partial charge is 0.491 e. The van der Waals surface area contributed by atoms with Crippen LogP contribution in [0.25, 0.3) is 0 Å². The van der Waals surface area contributed by atoms with Crippen molar-refractivity contribution >= 4 is 41.3 Å². The Balaban J connectivity index is 0.00000364. The molecule has 2 rings (SSSR count). The van der Waals surface area contributed by atoms with Gasteiger partial charge >= 0.3 is 0 Å². The highest BCUT2D eigenvalue weighted by molar-refractivity contribution is 14.0. The number of halogens is 1. The summed E-state index contributed by atoms with van der Waals surface area (Å²) < 4.78 is 10.7. The molecule has 0 aliphatic heterocycles. The van der Waals surface area contributed by atoms with Crippen LogP contribution in [0.15, 0.2) is 35.5 Å². The average molecular weight is 504 g/mol. The summed E-state index contributed by atoms with van der Waals surface area (Å²) in [6, 6.07) is 8.00. The smallest absolute Gasteiger partial charge is 0.191 e. The number of aliphatic imine (C=N–C) groups is 1. The van der Waals surface area contributed by atoms with Gasteiger partial charge in [-0.15, -0.1) is 35.3 Å². The van der Waals surface area contributed by atoms with Crippen LogP contribution in [0, 0.1) is 6.92 Å². The molecular weight excluding hydrogens is 475 g/mol. The van der Waals surface area contributed by atoms with Gasteiger partial charge in [-0.05, 0) is 31.5 Å². The number of nitrogens with zero attached hydrogens (tertiary/aromatic N) is 2. The topological polar surface area (TPSA) is 67.8 Å². The number of guanidine groups is 1. The number of rotatable bonds is 10. The van der Waals surface area contributed by atoms with Crippen LogP contribution in [0.1, 0.15) is 22.4 Å². The molecule has 6 nitrogen and oxygen atoms in total. The Bertz CT molecular complexity index is 694. The van der Waals surface area contributed by atoms with Gasteiger partial charge in [-0.1, -0.05) is 12.1 Å². The predicted octanol–water partition coefficient (Wildman–Crippen LogP) is 3.39. The van der Waals surface area contributed by atoms with E-state index in [-0.39, 0.29) is 24.0 Å². The van der Waals surface area contributed by atoms with Crippen LogP contribution in [0.4, 0.5) is 0 Å². The summed E-state index contributed by atoms with van der Waals surface area (Å²) >= 11 is 1.74. The van der Waals surface area contributed by atoms with Crippen LogP contribution in [0.5, 0.6) is 5.75 Å². The number of ether oxygens (including phenoxy) is 2. The lowest BCUT2D eigenvalue weighted by Gasteiger charge is -2.11. The van der Waals surface area contributed by atoms with Gasteiger partial charge in [0.2, 0.25) is 0 Å². The van der Waals surface area contributed by atoms with E-state index >= 15 is 0 Å². The van der Waals surface area contributed by atoms with E-state index in [2.05, 4.69) is 40.5 Å². The van der Waals surface area contributed by atoms with Gasteiger partial charge in [0.15, 0.2) is 5.96 Å². The average Bonchev–Trinajstić information content (AvgIpc) is 3.05. The van der Waals surface area contributed by atoms with E-state index < -0.39 is 0 Å². The standard InChI is InChI=1S/C19H28N4O2S.HI/c1-4-20-19(21-9-8-18-22-13-15(2)26-18)23-14-16-6-5-7-17(12-16)25-11-10-24-3;/h5-7,12-13H,4,8-11,14H2,1-3H3,(H2,20,21,23);1H. The van der Waals surface area contributed by atoms with Crippen molar-refractivity contribution in [2.24, 2.45) is 4.99 Å². The number of thiazole rings is 1. The fourth-order valence-corrected chi connectivity index (χ4v) is 3.08. The first-order valence-corrected chi connectivity index (χ1v) is 9.67. The van der Waals surface area contributed by atoms with Gasteiger partial charge in [0.25, 0.3) is 0 Å². The molecule has 0 saturated carbocycles. The van der Waals surface area contributed by atoms with E-state index in [4.69, 9.17) is 9.47 Å². The highest BCUT2D eigenvalue weighted by Gasteiger charge is 2.02. The van der Waals surface area contributed by atoms with Crippen LogP contribution in [-0.4, -0.2) is 44.4 Å². The normalized spacial score (nSPS) is 11.0. The highest BCUT2D eigenvalue weighted by atomic mass is 127. The first-order chi connectivity index (χ1) is 12.7. The molecule has 0 radical (unpaired) electrons. The number of hydrogen-bond donors (Lipinski definition) is 2. The lowest BCUT2D eigenvalue weighted by atomic mass is 10.2. The molecule has 0 atom stereocenters. The second-order valence-electron chi connectivity index (χ2n) is 5.73. The third-order valence-corrected chi connectivity index (χ3v) is 4.49. The Morgan fingerprint density at radius 1 is 1.26 bits per heavy atom. The molecule has 0 aliphatic rings. The van der Waals surface area contributed by atoms with E-state index in [0.29, 0.717) is 19.8 Å². The molecule has 8 heteroatoms. The molecule has 0 amide bonds. The minimum Gasteiger partial charge on any atom is -0.491 e. The minimum absolute atomic E-state index is 0. The summed E-state index contributed by atoms with van der Waals surface area (Å²) in [5.74, 6) is 1.65. The first kappa shape index (κ1) is 23.6. The summed E-state index contributed by atoms with van der Waals surface area (Å²) in [7, 11) is 1.67. The summed E-state index contributed by atoms with van der Waals surface area (Å²) in [6.07, 6.45) is 2.81. The third kappa shape index (κ3) is 9.39. The van der Waals surface area contributed by atoms with Crippen molar-refractivity contribution in [2.45, 2.75) is 26.8 Å². The molecular formula is C19H29IN4O2S. The maximum atomic E-state index is 5.65. The highest BCUT2D eigenvalue weighted by Crippen LogP contribution is 2.14. The third-order valence-electron chi connectivity index (χ3n) is 3.52. The molecule has 1 heterocycles. The van der Waals surface area contributed by atoms with Crippen LogP contribution >= 0.6 is 35.3 Å². The predicted molar refractivity (Wildman–Crippen MR) is 123 cm³/mol. The fourth-order valence-electron chi connectivity index (χ4n) is 2.29. The Hall–Kier alpha value is -1.39. The Labute approximate surface area is 182 Å². The van der Waals surface area contributed by atoms with Crippen LogP contribution in [0.2, 0.25) is 0 Å². The van der Waals surface area contributed by atoms with E-state index in [1.165, 1.54) is 4.88 Å². The maximum absolute atomic E-state index is 5.65. The Morgan fingerprint density at radius 3 is 2.81 bits per heavy atom. The number of nitrogens with one attached hydrogen (secondary N) is 2. The molecule has 2 aromatic rings. The number of hydrogen-bond acceptors (Lipinski definition) is 5. The van der Waals surface area contributed by atoms with E-state index in [9.17, 15) is 0 Å². The summed E-state index contributed by atoms with van der Waals surface area (Å²) in [6.45, 7) is 7.48. The van der Waals surface area contributed by atoms with Gasteiger partial charge in [0, 0.05) is 37.7 Å². The SMILES string of the molecule is CCNC(=NCc1cccc(OCCOC)c1)NCCc1ncc(C)s1.I. The second kappa shape index (κ2) is 13.7. The molecule has 0 spiro atoms. The van der Waals surface area contributed by atoms with Gasteiger partial charge in [-0.25, -0.2) is 9.98 Å². The van der Waals surface area contributed by atoms with E-state index in [1.54, 1.807) is 18.4 Å². The number of benzene rings is 1.